The molecule has 2 unspecified atom stereocenters. The zero-order chi connectivity index (χ0) is 30.8. The first-order valence-electron chi connectivity index (χ1n) is 14.6. The molecule has 0 radical (unpaired) electrons. The first kappa shape index (κ1) is 29.4. The van der Waals surface area contributed by atoms with E-state index in [0.29, 0.717) is 37.0 Å². The molecule has 12 heteroatoms. The molecule has 3 atom stereocenters. The van der Waals surface area contributed by atoms with Crippen LogP contribution in [0, 0.1) is 24.2 Å². The fraction of sp³-hybridized carbons (Fsp3) is 0.516. The van der Waals surface area contributed by atoms with Crippen molar-refractivity contribution >= 4 is 40.7 Å². The topological polar surface area (TPSA) is 118 Å². The highest BCUT2D eigenvalue weighted by molar-refractivity contribution is 6.31. The van der Waals surface area contributed by atoms with E-state index in [1.165, 1.54) is 11.2 Å². The van der Waals surface area contributed by atoms with E-state index in [1.807, 2.05) is 65.9 Å². The molecule has 1 saturated carbocycles. The van der Waals surface area contributed by atoms with Crippen molar-refractivity contribution in [3.05, 3.63) is 46.9 Å². The Morgan fingerprint density at radius 3 is 2.60 bits per heavy atom. The zero-order valence-corrected chi connectivity index (χ0v) is 26.1. The number of nitrogens with one attached hydrogen (secondary N) is 1. The third-order valence-electron chi connectivity index (χ3n) is 8.55. The summed E-state index contributed by atoms with van der Waals surface area (Å²) in [4.78, 5) is 46.2. The standard InChI is InChI=1S/C31H37ClN6O5/c1-17-9-19(32)11-21(25(17)33-12-20-15-36(7-8-42-20)29(41)43-30(2,3)4)26-22-10-18(14-38(22)35-16-34-26)13-37-27(39)23-24(28(37)40)31(23,5)6/h9-11,14,16,20,23-24,33H,7-8,12-13,15H2,1-6H3/t20-,23?,24?/m1/s1. The molecule has 1 aliphatic carbocycles. The van der Waals surface area contributed by atoms with Crippen molar-refractivity contribution in [3.8, 4) is 11.3 Å². The van der Waals surface area contributed by atoms with E-state index in [0.717, 1.165) is 27.9 Å². The number of carbonyl (C=O) groups excluding carboxylic acids is 3. The number of carbonyl (C=O) groups is 3. The van der Waals surface area contributed by atoms with Crippen molar-refractivity contribution in [2.45, 2.75) is 59.8 Å². The Kier molecular flexibility index (Phi) is 7.16. The predicted molar refractivity (Wildman–Crippen MR) is 161 cm³/mol. The van der Waals surface area contributed by atoms with Crippen molar-refractivity contribution in [1.29, 1.82) is 0 Å². The molecule has 3 amide bonds. The van der Waals surface area contributed by atoms with E-state index < -0.39 is 5.60 Å². The van der Waals surface area contributed by atoms with Gasteiger partial charge in [-0.25, -0.2) is 14.3 Å². The average molecular weight is 609 g/mol. The number of piperidine rings is 1. The average Bonchev–Trinajstić information content (AvgIpc) is 3.16. The summed E-state index contributed by atoms with van der Waals surface area (Å²) in [6.45, 7) is 13.4. The highest BCUT2D eigenvalue weighted by Gasteiger charge is 2.72. The van der Waals surface area contributed by atoms with Crippen LogP contribution >= 0.6 is 11.6 Å². The number of fused-ring (bicyclic) bond motifs is 2. The van der Waals surface area contributed by atoms with Crippen LogP contribution in [-0.4, -0.2) is 80.3 Å². The van der Waals surface area contributed by atoms with Crippen molar-refractivity contribution in [2.24, 2.45) is 17.3 Å². The lowest BCUT2D eigenvalue weighted by atomic mass is 10.0. The Morgan fingerprint density at radius 2 is 1.91 bits per heavy atom. The van der Waals surface area contributed by atoms with Gasteiger partial charge in [-0.2, -0.15) is 5.10 Å². The van der Waals surface area contributed by atoms with E-state index in [4.69, 9.17) is 21.1 Å². The lowest BCUT2D eigenvalue weighted by Gasteiger charge is -2.34. The number of anilines is 1. The fourth-order valence-corrected chi connectivity index (χ4v) is 6.61. The molecule has 1 aromatic carbocycles. The number of rotatable bonds is 6. The van der Waals surface area contributed by atoms with Crippen LogP contribution in [0.3, 0.4) is 0 Å². The van der Waals surface area contributed by atoms with Gasteiger partial charge in [0, 0.05) is 35.6 Å². The van der Waals surface area contributed by atoms with Gasteiger partial charge in [0.15, 0.2) is 0 Å². The lowest BCUT2D eigenvalue weighted by molar-refractivity contribution is -0.143. The highest BCUT2D eigenvalue weighted by atomic mass is 35.5. The Labute approximate surface area is 255 Å². The number of benzene rings is 1. The Hall–Kier alpha value is -3.70. The summed E-state index contributed by atoms with van der Waals surface area (Å²) in [7, 11) is 0. The predicted octanol–water partition coefficient (Wildman–Crippen LogP) is 4.55. The van der Waals surface area contributed by atoms with Crippen LogP contribution in [0.1, 0.15) is 45.7 Å². The number of hydrogen-bond donors (Lipinski definition) is 1. The lowest BCUT2D eigenvalue weighted by Crippen LogP contribution is -2.49. The molecule has 0 bridgehead atoms. The molecule has 2 aliphatic heterocycles. The number of ether oxygens (including phenoxy) is 2. The molecule has 4 heterocycles. The molecule has 228 valence electrons. The first-order valence-corrected chi connectivity index (χ1v) is 14.9. The van der Waals surface area contributed by atoms with Crippen molar-refractivity contribution in [1.82, 2.24) is 24.4 Å². The van der Waals surface area contributed by atoms with Gasteiger partial charge in [-0.1, -0.05) is 25.4 Å². The smallest absolute Gasteiger partial charge is 0.410 e. The summed E-state index contributed by atoms with van der Waals surface area (Å²) >= 11 is 6.53. The van der Waals surface area contributed by atoms with Crippen LogP contribution in [0.5, 0.6) is 0 Å². The third kappa shape index (κ3) is 5.44. The summed E-state index contributed by atoms with van der Waals surface area (Å²) < 4.78 is 13.2. The second-order valence-electron chi connectivity index (χ2n) is 13.3. The Balaban J connectivity index is 1.23. The van der Waals surface area contributed by atoms with E-state index in [1.54, 1.807) is 9.42 Å². The number of likely N-dealkylation sites (tertiary alicyclic amines) is 1. The van der Waals surface area contributed by atoms with Gasteiger partial charge in [-0.15, -0.1) is 0 Å². The van der Waals surface area contributed by atoms with Gasteiger partial charge in [0.2, 0.25) is 11.8 Å². The number of imide groups is 1. The second kappa shape index (κ2) is 10.5. The molecule has 11 nitrogen and oxygen atoms in total. The quantitative estimate of drug-likeness (QED) is 0.405. The minimum atomic E-state index is -0.573. The summed E-state index contributed by atoms with van der Waals surface area (Å²) in [5.41, 5.74) is 3.86. The van der Waals surface area contributed by atoms with E-state index in [2.05, 4.69) is 15.4 Å². The highest BCUT2D eigenvalue weighted by Crippen LogP contribution is 2.63. The minimum absolute atomic E-state index is 0.103. The maximum Gasteiger partial charge on any atom is 0.410 e. The van der Waals surface area contributed by atoms with Crippen molar-refractivity contribution < 1.29 is 23.9 Å². The molecular formula is C31H37ClN6O5. The third-order valence-corrected chi connectivity index (χ3v) is 8.77. The number of aromatic nitrogens is 3. The number of amides is 3. The summed E-state index contributed by atoms with van der Waals surface area (Å²) in [5, 5.41) is 8.46. The van der Waals surface area contributed by atoms with Gasteiger partial charge in [0.25, 0.3) is 0 Å². The monoisotopic (exact) mass is 608 g/mol. The van der Waals surface area contributed by atoms with Crippen molar-refractivity contribution in [3.63, 3.8) is 0 Å². The van der Waals surface area contributed by atoms with Gasteiger partial charge >= 0.3 is 6.09 Å². The Bertz CT molecular complexity index is 1600. The SMILES string of the molecule is Cc1cc(Cl)cc(-c2ncnn3cc(CN4C(=O)C5C(C4=O)C5(C)C)cc23)c1NC[C@@H]1CN(C(=O)OC(C)(C)C)CCO1. The number of morpholine rings is 1. The zero-order valence-electron chi connectivity index (χ0n) is 25.3. The van der Waals surface area contributed by atoms with Crippen molar-refractivity contribution in [2.75, 3.05) is 31.6 Å². The van der Waals surface area contributed by atoms with Crippen LogP contribution in [0.4, 0.5) is 10.5 Å². The summed E-state index contributed by atoms with van der Waals surface area (Å²) in [6.07, 6.45) is 2.69. The first-order chi connectivity index (χ1) is 20.2. The summed E-state index contributed by atoms with van der Waals surface area (Å²) in [5.74, 6) is -0.651. The van der Waals surface area contributed by atoms with E-state index >= 15 is 0 Å². The molecule has 6 rings (SSSR count). The molecule has 43 heavy (non-hydrogen) atoms. The van der Waals surface area contributed by atoms with Gasteiger partial charge in [-0.3, -0.25) is 14.5 Å². The van der Waals surface area contributed by atoms with Crippen LogP contribution in [0.2, 0.25) is 5.02 Å². The van der Waals surface area contributed by atoms with E-state index in [-0.39, 0.29) is 47.8 Å². The largest absolute Gasteiger partial charge is 0.444 e. The molecular weight excluding hydrogens is 572 g/mol. The summed E-state index contributed by atoms with van der Waals surface area (Å²) in [6, 6.07) is 5.64. The van der Waals surface area contributed by atoms with E-state index in [9.17, 15) is 14.4 Å². The number of halogens is 1. The normalized spacial score (nSPS) is 23.1. The van der Waals surface area contributed by atoms with Gasteiger partial charge in [0.1, 0.15) is 11.9 Å². The van der Waals surface area contributed by atoms with Crippen LogP contribution in [-0.2, 0) is 25.6 Å². The Morgan fingerprint density at radius 1 is 1.19 bits per heavy atom. The molecule has 1 N–H and O–H groups in total. The number of aryl methyl sites for hydroxylation is 1. The molecule has 2 saturated heterocycles. The maximum absolute atomic E-state index is 12.9. The molecule has 0 spiro atoms. The molecule has 3 aliphatic rings. The number of hydrogen-bond acceptors (Lipinski definition) is 8. The number of nitrogens with zero attached hydrogens (tertiary/aromatic N) is 5. The fourth-order valence-electron chi connectivity index (χ4n) is 6.34. The van der Waals surface area contributed by atoms with Gasteiger partial charge in [-0.05, 0) is 62.4 Å². The van der Waals surface area contributed by atoms with Crippen LogP contribution in [0.15, 0.2) is 30.7 Å². The second-order valence-corrected chi connectivity index (χ2v) is 13.7. The molecule has 3 fully saturated rings. The van der Waals surface area contributed by atoms with Crippen LogP contribution < -0.4 is 5.32 Å². The minimum Gasteiger partial charge on any atom is -0.444 e. The molecule has 2 aromatic heterocycles. The van der Waals surface area contributed by atoms with Gasteiger partial charge in [0.05, 0.1) is 48.8 Å². The maximum atomic E-state index is 12.9. The van der Waals surface area contributed by atoms with Crippen LogP contribution in [0.25, 0.3) is 16.8 Å². The van der Waals surface area contributed by atoms with Gasteiger partial charge < -0.3 is 19.7 Å². The molecule has 3 aromatic rings.